The van der Waals surface area contributed by atoms with E-state index in [1.54, 1.807) is 7.11 Å². The van der Waals surface area contributed by atoms with Gasteiger partial charge in [-0.05, 0) is 30.3 Å². The fraction of sp³-hybridized carbons (Fsp3) is 0.409. The summed E-state index contributed by atoms with van der Waals surface area (Å²) in [5.41, 5.74) is 3.71. The van der Waals surface area contributed by atoms with Crippen LogP contribution in [0.4, 0.5) is 0 Å². The zero-order valence-corrected chi connectivity index (χ0v) is 17.5. The summed E-state index contributed by atoms with van der Waals surface area (Å²) in [5, 5.41) is 1.34. The van der Waals surface area contributed by atoms with Crippen LogP contribution < -0.4 is 10.0 Å². The third kappa shape index (κ3) is 5.16. The molecule has 0 aliphatic rings. The van der Waals surface area contributed by atoms with Gasteiger partial charge in [-0.3, -0.25) is 4.99 Å². The smallest absolute Gasteiger partial charge is 0.188 e. The lowest BCUT2D eigenvalue weighted by Gasteiger charge is -2.32. The molecule has 0 bridgehead atoms. The van der Waals surface area contributed by atoms with Gasteiger partial charge in [-0.25, -0.2) is 0 Å². The minimum absolute atomic E-state index is 0.00152. The molecule has 2 aromatic rings. The van der Waals surface area contributed by atoms with Crippen molar-refractivity contribution in [2.45, 2.75) is 38.8 Å². The van der Waals surface area contributed by atoms with Crippen LogP contribution in [0.3, 0.4) is 0 Å². The SMILES string of the molecule is CCCC(C)(Pc1ccccc1/C=N/C)c1cc(C)ccc1OCOC. The van der Waals surface area contributed by atoms with Gasteiger partial charge in [0.1, 0.15) is 5.75 Å². The average Bonchev–Trinajstić information content (AvgIpc) is 2.63. The summed E-state index contributed by atoms with van der Waals surface area (Å²) < 4.78 is 11.0. The molecule has 0 aromatic heterocycles. The summed E-state index contributed by atoms with van der Waals surface area (Å²) in [6.07, 6.45) is 4.16. The van der Waals surface area contributed by atoms with Gasteiger partial charge in [0, 0.05) is 31.1 Å². The van der Waals surface area contributed by atoms with Gasteiger partial charge in [0.25, 0.3) is 0 Å². The summed E-state index contributed by atoms with van der Waals surface area (Å²) >= 11 is 0. The number of methoxy groups -OCH3 is 1. The van der Waals surface area contributed by atoms with Crippen LogP contribution in [0.25, 0.3) is 0 Å². The highest BCUT2D eigenvalue weighted by Crippen LogP contribution is 2.48. The van der Waals surface area contributed by atoms with E-state index in [1.807, 2.05) is 13.3 Å². The summed E-state index contributed by atoms with van der Waals surface area (Å²) in [4.78, 5) is 4.23. The fourth-order valence-corrected chi connectivity index (χ4v) is 5.02. The lowest BCUT2D eigenvalue weighted by Crippen LogP contribution is -2.22. The second-order valence-corrected chi connectivity index (χ2v) is 8.62. The van der Waals surface area contributed by atoms with Crippen molar-refractivity contribution in [2.24, 2.45) is 4.99 Å². The molecule has 0 amide bonds. The highest BCUT2D eigenvalue weighted by molar-refractivity contribution is 7.48. The van der Waals surface area contributed by atoms with Crippen LogP contribution in [0.2, 0.25) is 0 Å². The molecule has 0 fully saturated rings. The van der Waals surface area contributed by atoms with E-state index in [2.05, 4.69) is 68.2 Å². The Kier molecular flexibility index (Phi) is 7.81. The van der Waals surface area contributed by atoms with Gasteiger partial charge in [0.15, 0.2) is 6.79 Å². The van der Waals surface area contributed by atoms with Crippen molar-refractivity contribution in [1.82, 2.24) is 0 Å². The van der Waals surface area contributed by atoms with Crippen LogP contribution >= 0.6 is 8.58 Å². The Balaban J connectivity index is 2.49. The zero-order chi connectivity index (χ0) is 19.0. The van der Waals surface area contributed by atoms with Crippen molar-refractivity contribution in [1.29, 1.82) is 0 Å². The third-order valence-corrected chi connectivity index (χ3v) is 6.25. The minimum atomic E-state index is 0.00152. The third-order valence-electron chi connectivity index (χ3n) is 4.45. The van der Waals surface area contributed by atoms with Crippen LogP contribution in [0.5, 0.6) is 5.75 Å². The first-order chi connectivity index (χ1) is 12.5. The van der Waals surface area contributed by atoms with Crippen LogP contribution in [0.1, 0.15) is 43.4 Å². The van der Waals surface area contributed by atoms with E-state index in [-0.39, 0.29) is 11.9 Å². The number of ether oxygens (including phenoxy) is 2. The van der Waals surface area contributed by atoms with Crippen LogP contribution in [0, 0.1) is 6.92 Å². The van der Waals surface area contributed by atoms with E-state index in [0.717, 1.165) is 18.6 Å². The minimum Gasteiger partial charge on any atom is -0.467 e. The molecule has 2 aromatic carbocycles. The second-order valence-electron chi connectivity index (χ2n) is 6.73. The maximum Gasteiger partial charge on any atom is 0.188 e. The first kappa shape index (κ1) is 20.6. The van der Waals surface area contributed by atoms with Crippen molar-refractivity contribution in [3.05, 3.63) is 59.2 Å². The number of aliphatic imine (C=N–C) groups is 1. The number of benzene rings is 2. The van der Waals surface area contributed by atoms with Gasteiger partial charge in [0.2, 0.25) is 0 Å². The molecule has 0 N–H and O–H groups in total. The van der Waals surface area contributed by atoms with E-state index in [0.29, 0.717) is 8.58 Å². The molecular weight excluding hydrogens is 341 g/mol. The number of hydrogen-bond acceptors (Lipinski definition) is 3. The fourth-order valence-electron chi connectivity index (χ4n) is 3.25. The number of hydrogen-bond donors (Lipinski definition) is 0. The van der Waals surface area contributed by atoms with E-state index < -0.39 is 0 Å². The average molecular weight is 371 g/mol. The molecule has 0 spiro atoms. The van der Waals surface area contributed by atoms with Gasteiger partial charge in [-0.15, -0.1) is 0 Å². The Hall–Kier alpha value is -1.70. The van der Waals surface area contributed by atoms with Crippen LogP contribution in [-0.2, 0) is 9.89 Å². The van der Waals surface area contributed by atoms with Crippen molar-refractivity contribution in [2.75, 3.05) is 21.0 Å². The van der Waals surface area contributed by atoms with Crippen molar-refractivity contribution in [3.63, 3.8) is 0 Å². The highest BCUT2D eigenvalue weighted by Gasteiger charge is 2.30. The molecule has 2 rings (SSSR count). The quantitative estimate of drug-likeness (QED) is 0.351. The van der Waals surface area contributed by atoms with Crippen LogP contribution in [-0.4, -0.2) is 27.2 Å². The molecule has 2 unspecified atom stereocenters. The molecule has 140 valence electrons. The molecule has 0 radical (unpaired) electrons. The molecule has 26 heavy (non-hydrogen) atoms. The number of nitrogens with zero attached hydrogens (tertiary/aromatic N) is 1. The number of rotatable bonds is 9. The molecule has 4 heteroatoms. The monoisotopic (exact) mass is 371 g/mol. The van der Waals surface area contributed by atoms with E-state index in [9.17, 15) is 0 Å². The Morgan fingerprint density at radius 2 is 1.96 bits per heavy atom. The Morgan fingerprint density at radius 3 is 2.65 bits per heavy atom. The van der Waals surface area contributed by atoms with Crippen molar-refractivity contribution < 1.29 is 9.47 Å². The summed E-state index contributed by atoms with van der Waals surface area (Å²) in [7, 11) is 4.10. The zero-order valence-electron chi connectivity index (χ0n) is 16.5. The topological polar surface area (TPSA) is 30.8 Å². The van der Waals surface area contributed by atoms with E-state index >= 15 is 0 Å². The molecular formula is C22H30NO2P. The lowest BCUT2D eigenvalue weighted by molar-refractivity contribution is 0.0500. The molecule has 0 heterocycles. The van der Waals surface area contributed by atoms with Gasteiger partial charge in [-0.1, -0.05) is 70.8 Å². The Morgan fingerprint density at radius 1 is 1.19 bits per heavy atom. The van der Waals surface area contributed by atoms with Gasteiger partial charge < -0.3 is 9.47 Å². The number of aryl methyl sites for hydroxylation is 1. The molecule has 0 saturated heterocycles. The first-order valence-electron chi connectivity index (χ1n) is 9.06. The molecule has 0 aliphatic heterocycles. The maximum absolute atomic E-state index is 5.91. The summed E-state index contributed by atoms with van der Waals surface area (Å²) in [6, 6.07) is 15.0. The van der Waals surface area contributed by atoms with E-state index in [1.165, 1.54) is 22.0 Å². The Labute approximate surface area is 159 Å². The molecule has 2 atom stereocenters. The standard InChI is InChI=1S/C22H30NO2P/c1-6-13-22(3,26-21-10-8-7-9-18(21)15-23-4)19-14-17(2)11-12-20(19)25-16-24-5/h7-12,14-15,26H,6,13,16H2,1-5H3/b23-15+. The predicted octanol–water partition coefficient (Wildman–Crippen LogP) is 5.05. The predicted molar refractivity (Wildman–Crippen MR) is 114 cm³/mol. The van der Waals surface area contributed by atoms with Crippen molar-refractivity contribution in [3.8, 4) is 5.75 Å². The maximum atomic E-state index is 5.91. The van der Waals surface area contributed by atoms with Gasteiger partial charge in [0.05, 0.1) is 0 Å². The largest absolute Gasteiger partial charge is 0.467 e. The molecule has 0 aliphatic carbocycles. The lowest BCUT2D eigenvalue weighted by atomic mass is 9.93. The summed E-state index contributed by atoms with van der Waals surface area (Å²) in [5.74, 6) is 0.919. The molecule has 0 saturated carbocycles. The molecule has 3 nitrogen and oxygen atoms in total. The first-order valence-corrected chi connectivity index (χ1v) is 10.1. The van der Waals surface area contributed by atoms with E-state index in [4.69, 9.17) is 9.47 Å². The highest BCUT2D eigenvalue weighted by atomic mass is 31.1. The van der Waals surface area contributed by atoms with Crippen molar-refractivity contribution >= 4 is 20.1 Å². The normalized spacial score (nSPS) is 14.2. The Bertz CT molecular complexity index is 745. The van der Waals surface area contributed by atoms with Gasteiger partial charge in [-0.2, -0.15) is 0 Å². The van der Waals surface area contributed by atoms with Crippen LogP contribution in [0.15, 0.2) is 47.5 Å². The second kappa shape index (κ2) is 9.85. The van der Waals surface area contributed by atoms with Gasteiger partial charge >= 0.3 is 0 Å². The summed E-state index contributed by atoms with van der Waals surface area (Å²) in [6.45, 7) is 6.99.